The Morgan fingerprint density at radius 1 is 1.32 bits per heavy atom. The Morgan fingerprint density at radius 3 is 2.58 bits per heavy atom. The number of aryl methyl sites for hydroxylation is 1. The van der Waals surface area contributed by atoms with Gasteiger partial charge < -0.3 is 5.11 Å². The molecule has 0 spiro atoms. The molecule has 3 nitrogen and oxygen atoms in total. The molecule has 0 bridgehead atoms. The van der Waals surface area contributed by atoms with Crippen LogP contribution in [0.3, 0.4) is 0 Å². The molecule has 19 heavy (non-hydrogen) atoms. The molecule has 1 aromatic heterocycles. The molecule has 0 aromatic carbocycles. The largest absolute Gasteiger partial charge is 0.391 e. The van der Waals surface area contributed by atoms with Crippen molar-refractivity contribution in [2.75, 3.05) is 13.1 Å². The van der Waals surface area contributed by atoms with Crippen LogP contribution in [-0.2, 0) is 6.42 Å². The molecule has 1 aliphatic heterocycles. The van der Waals surface area contributed by atoms with Gasteiger partial charge in [0.05, 0.1) is 16.8 Å². The number of hydrogen-bond acceptors (Lipinski definition) is 4. The molecular formula is C15H24N2OS. The van der Waals surface area contributed by atoms with Crippen molar-refractivity contribution in [3.05, 3.63) is 16.1 Å². The zero-order valence-corrected chi connectivity index (χ0v) is 12.6. The summed E-state index contributed by atoms with van der Waals surface area (Å²) < 4.78 is 0. The van der Waals surface area contributed by atoms with Gasteiger partial charge in [-0.15, -0.1) is 11.3 Å². The summed E-state index contributed by atoms with van der Waals surface area (Å²) in [5, 5.41) is 14.0. The molecule has 1 aromatic rings. The summed E-state index contributed by atoms with van der Waals surface area (Å²) in [6.45, 7) is 4.38. The van der Waals surface area contributed by atoms with Gasteiger partial charge in [-0.2, -0.15) is 0 Å². The smallest absolute Gasteiger partial charge is 0.0897 e. The van der Waals surface area contributed by atoms with Crippen LogP contribution in [0.5, 0.6) is 0 Å². The number of aliphatic hydroxyl groups excluding tert-OH is 1. The van der Waals surface area contributed by atoms with Gasteiger partial charge in [-0.3, -0.25) is 4.90 Å². The summed E-state index contributed by atoms with van der Waals surface area (Å²) >= 11 is 1.68. The molecule has 4 heteroatoms. The van der Waals surface area contributed by atoms with Crippen LogP contribution in [0.15, 0.2) is 5.38 Å². The van der Waals surface area contributed by atoms with Gasteiger partial charge in [-0.05, 0) is 45.7 Å². The van der Waals surface area contributed by atoms with Crippen LogP contribution in [0.2, 0.25) is 0 Å². The van der Waals surface area contributed by atoms with Crippen molar-refractivity contribution in [1.82, 2.24) is 9.88 Å². The van der Waals surface area contributed by atoms with Crippen molar-refractivity contribution in [2.45, 2.75) is 63.5 Å². The second-order valence-electron chi connectivity index (χ2n) is 6.08. The third kappa shape index (κ3) is 2.58. The van der Waals surface area contributed by atoms with Crippen LogP contribution in [0.25, 0.3) is 0 Å². The number of rotatable bonds is 4. The Hall–Kier alpha value is -0.450. The molecule has 2 fully saturated rings. The fourth-order valence-corrected chi connectivity index (χ4v) is 4.53. The minimum absolute atomic E-state index is 0.0496. The van der Waals surface area contributed by atoms with Gasteiger partial charge in [-0.1, -0.05) is 12.8 Å². The molecular weight excluding hydrogens is 256 g/mol. The summed E-state index contributed by atoms with van der Waals surface area (Å²) in [7, 11) is 0. The van der Waals surface area contributed by atoms with E-state index in [2.05, 4.69) is 15.3 Å². The highest BCUT2D eigenvalue weighted by molar-refractivity contribution is 7.09. The van der Waals surface area contributed by atoms with Crippen molar-refractivity contribution in [3.63, 3.8) is 0 Å². The standard InChI is InChI=1S/C15H24N2OS/c1-12-16-13(11-19-12)10-14(18)15(6-2-3-7-15)17-8-4-5-9-17/h11,14,18H,2-10H2,1H3. The molecule has 106 valence electrons. The number of aromatic nitrogens is 1. The van der Waals surface area contributed by atoms with E-state index in [4.69, 9.17) is 0 Å². The third-order valence-corrected chi connectivity index (χ3v) is 5.72. The number of likely N-dealkylation sites (tertiary alicyclic amines) is 1. The lowest BCUT2D eigenvalue weighted by molar-refractivity contribution is -0.0176. The zero-order valence-electron chi connectivity index (χ0n) is 11.8. The predicted molar refractivity (Wildman–Crippen MR) is 78.6 cm³/mol. The number of thiazole rings is 1. The van der Waals surface area contributed by atoms with E-state index >= 15 is 0 Å². The molecule has 1 saturated carbocycles. The maximum Gasteiger partial charge on any atom is 0.0897 e. The number of aliphatic hydroxyl groups is 1. The van der Waals surface area contributed by atoms with Crippen LogP contribution >= 0.6 is 11.3 Å². The lowest BCUT2D eigenvalue weighted by Crippen LogP contribution is -2.54. The first-order chi connectivity index (χ1) is 9.21. The maximum absolute atomic E-state index is 10.8. The van der Waals surface area contributed by atoms with Gasteiger partial charge in [-0.25, -0.2) is 4.98 Å². The summed E-state index contributed by atoms with van der Waals surface area (Å²) in [4.78, 5) is 7.09. The van der Waals surface area contributed by atoms with E-state index in [0.717, 1.165) is 30.0 Å². The summed E-state index contributed by atoms with van der Waals surface area (Å²) in [5.41, 5.74) is 1.12. The normalized spacial score (nSPS) is 24.9. The molecule has 0 radical (unpaired) electrons. The van der Waals surface area contributed by atoms with Crippen molar-refractivity contribution in [2.24, 2.45) is 0 Å². The van der Waals surface area contributed by atoms with Crippen LogP contribution in [0.1, 0.15) is 49.2 Å². The van der Waals surface area contributed by atoms with E-state index in [1.807, 2.05) is 6.92 Å². The fourth-order valence-electron chi connectivity index (χ4n) is 3.90. The predicted octanol–water partition coefficient (Wildman–Crippen LogP) is 2.76. The first-order valence-electron chi connectivity index (χ1n) is 7.55. The van der Waals surface area contributed by atoms with E-state index in [1.165, 1.54) is 38.8 Å². The third-order valence-electron chi connectivity index (χ3n) is 4.89. The number of hydrogen-bond donors (Lipinski definition) is 1. The lowest BCUT2D eigenvalue weighted by Gasteiger charge is -2.42. The second-order valence-corrected chi connectivity index (χ2v) is 7.14. The lowest BCUT2D eigenvalue weighted by atomic mass is 9.86. The van der Waals surface area contributed by atoms with Crippen LogP contribution in [0, 0.1) is 6.92 Å². The van der Waals surface area contributed by atoms with Crippen molar-refractivity contribution >= 4 is 11.3 Å². The average molecular weight is 280 g/mol. The molecule has 1 N–H and O–H groups in total. The van der Waals surface area contributed by atoms with Crippen LogP contribution < -0.4 is 0 Å². The molecule has 1 aliphatic carbocycles. The highest BCUT2D eigenvalue weighted by Crippen LogP contribution is 2.41. The molecule has 1 atom stereocenters. The fraction of sp³-hybridized carbons (Fsp3) is 0.800. The molecule has 1 saturated heterocycles. The molecule has 2 heterocycles. The van der Waals surface area contributed by atoms with Gasteiger partial charge in [0, 0.05) is 17.3 Å². The molecule has 1 unspecified atom stereocenters. The summed E-state index contributed by atoms with van der Waals surface area (Å²) in [6, 6.07) is 0. The number of nitrogens with zero attached hydrogens (tertiary/aromatic N) is 2. The van der Waals surface area contributed by atoms with Crippen molar-refractivity contribution in [1.29, 1.82) is 0 Å². The Morgan fingerprint density at radius 2 is 2.00 bits per heavy atom. The minimum Gasteiger partial charge on any atom is -0.391 e. The second kappa shape index (κ2) is 5.51. The van der Waals surface area contributed by atoms with Crippen molar-refractivity contribution < 1.29 is 5.11 Å². The maximum atomic E-state index is 10.8. The van der Waals surface area contributed by atoms with Gasteiger partial charge >= 0.3 is 0 Å². The minimum atomic E-state index is -0.255. The van der Waals surface area contributed by atoms with E-state index in [1.54, 1.807) is 11.3 Å². The first-order valence-corrected chi connectivity index (χ1v) is 8.43. The van der Waals surface area contributed by atoms with Gasteiger partial charge in [0.25, 0.3) is 0 Å². The first kappa shape index (κ1) is 13.5. The molecule has 3 rings (SSSR count). The highest BCUT2D eigenvalue weighted by atomic mass is 32.1. The summed E-state index contributed by atoms with van der Waals surface area (Å²) in [6.07, 6.45) is 7.92. The Kier molecular flexibility index (Phi) is 3.92. The molecule has 0 amide bonds. The quantitative estimate of drug-likeness (QED) is 0.921. The van der Waals surface area contributed by atoms with Gasteiger partial charge in [0.15, 0.2) is 0 Å². The van der Waals surface area contributed by atoms with Crippen LogP contribution in [0.4, 0.5) is 0 Å². The Bertz CT molecular complexity index is 420. The van der Waals surface area contributed by atoms with E-state index in [-0.39, 0.29) is 11.6 Å². The van der Waals surface area contributed by atoms with E-state index in [9.17, 15) is 5.11 Å². The van der Waals surface area contributed by atoms with E-state index < -0.39 is 0 Å². The average Bonchev–Trinajstić information content (AvgIpc) is 3.09. The summed E-state index contributed by atoms with van der Waals surface area (Å²) in [5.74, 6) is 0. The van der Waals surface area contributed by atoms with Gasteiger partial charge in [0.1, 0.15) is 0 Å². The topological polar surface area (TPSA) is 36.4 Å². The van der Waals surface area contributed by atoms with Crippen LogP contribution in [-0.4, -0.2) is 39.7 Å². The zero-order chi connectivity index (χ0) is 13.3. The molecule has 2 aliphatic rings. The Labute approximate surface area is 119 Å². The monoisotopic (exact) mass is 280 g/mol. The van der Waals surface area contributed by atoms with Gasteiger partial charge in [0.2, 0.25) is 0 Å². The highest BCUT2D eigenvalue weighted by Gasteiger charge is 2.46. The van der Waals surface area contributed by atoms with Crippen molar-refractivity contribution in [3.8, 4) is 0 Å². The Balaban J connectivity index is 1.75. The SMILES string of the molecule is Cc1nc(CC(O)C2(N3CCCC3)CCCC2)cs1. The van der Waals surface area contributed by atoms with E-state index in [0.29, 0.717) is 0 Å².